The van der Waals surface area contributed by atoms with E-state index in [1.165, 1.54) is 6.92 Å². The van der Waals surface area contributed by atoms with Crippen LogP contribution >= 0.6 is 0 Å². The molecule has 0 bridgehead atoms. The first kappa shape index (κ1) is 16.9. The molecule has 0 aliphatic rings. The van der Waals surface area contributed by atoms with E-state index in [0.717, 1.165) is 11.3 Å². The Hall–Kier alpha value is -2.50. The molecule has 2 N–H and O–H groups in total. The second-order valence-electron chi connectivity index (χ2n) is 5.81. The van der Waals surface area contributed by atoms with Crippen LogP contribution in [0.3, 0.4) is 0 Å². The number of carbonyl (C=O) groups is 1. The third kappa shape index (κ3) is 4.25. The number of methoxy groups -OCH3 is 1. The zero-order valence-corrected chi connectivity index (χ0v) is 14.3. The average Bonchev–Trinajstić information content (AvgIpc) is 2.98. The number of carbonyl (C=O) groups excluding carboxylic acids is 1. The van der Waals surface area contributed by atoms with E-state index in [9.17, 15) is 4.79 Å². The topological polar surface area (TPSA) is 68.2 Å². The highest BCUT2D eigenvalue weighted by Gasteiger charge is 2.12. The molecule has 1 amide bonds. The summed E-state index contributed by atoms with van der Waals surface area (Å²) in [6.07, 6.45) is 3.91. The number of nitrogens with one attached hydrogen (secondary N) is 2. The van der Waals surface area contributed by atoms with Crippen LogP contribution in [0.4, 0.5) is 11.4 Å². The maximum atomic E-state index is 11.1. The molecular formula is C17H24N4O2. The Kier molecular flexibility index (Phi) is 5.26. The van der Waals surface area contributed by atoms with Gasteiger partial charge in [-0.3, -0.25) is 9.48 Å². The Balaban J connectivity index is 2.16. The molecule has 23 heavy (non-hydrogen) atoms. The molecule has 0 aliphatic heterocycles. The van der Waals surface area contributed by atoms with Crippen LogP contribution in [0.25, 0.3) is 0 Å². The Bertz CT molecular complexity index is 679. The SMILES string of the molecule is COc1cc(NC(C)=O)ccc1N[C@@H](C)c1cnn(C(C)C)c1. The molecule has 124 valence electrons. The Morgan fingerprint density at radius 3 is 2.61 bits per heavy atom. The van der Waals surface area contributed by atoms with Crippen molar-refractivity contribution in [3.8, 4) is 5.75 Å². The summed E-state index contributed by atoms with van der Waals surface area (Å²) in [4.78, 5) is 11.1. The summed E-state index contributed by atoms with van der Waals surface area (Å²) >= 11 is 0. The van der Waals surface area contributed by atoms with Crippen molar-refractivity contribution in [2.24, 2.45) is 0 Å². The van der Waals surface area contributed by atoms with E-state index in [4.69, 9.17) is 4.74 Å². The molecule has 0 radical (unpaired) electrons. The first-order valence-electron chi connectivity index (χ1n) is 7.67. The van der Waals surface area contributed by atoms with Gasteiger partial charge in [0.25, 0.3) is 0 Å². The Labute approximate surface area is 136 Å². The third-order valence-corrected chi connectivity index (χ3v) is 3.54. The molecule has 2 aromatic rings. The quantitative estimate of drug-likeness (QED) is 0.854. The van der Waals surface area contributed by atoms with E-state index in [1.807, 2.05) is 29.2 Å². The second-order valence-corrected chi connectivity index (χ2v) is 5.81. The molecule has 0 unspecified atom stereocenters. The fraction of sp³-hybridized carbons (Fsp3) is 0.412. The van der Waals surface area contributed by atoms with Gasteiger partial charge in [-0.1, -0.05) is 0 Å². The highest BCUT2D eigenvalue weighted by atomic mass is 16.5. The van der Waals surface area contributed by atoms with Gasteiger partial charge in [0.15, 0.2) is 0 Å². The number of nitrogens with zero attached hydrogens (tertiary/aromatic N) is 2. The van der Waals surface area contributed by atoms with E-state index >= 15 is 0 Å². The first-order chi connectivity index (χ1) is 10.9. The van der Waals surface area contributed by atoms with Gasteiger partial charge in [0, 0.05) is 36.5 Å². The zero-order chi connectivity index (χ0) is 17.0. The predicted octanol–water partition coefficient (Wildman–Crippen LogP) is 3.60. The van der Waals surface area contributed by atoms with E-state index in [-0.39, 0.29) is 11.9 Å². The number of ether oxygens (including phenoxy) is 1. The third-order valence-electron chi connectivity index (χ3n) is 3.54. The van der Waals surface area contributed by atoms with Gasteiger partial charge >= 0.3 is 0 Å². The van der Waals surface area contributed by atoms with Gasteiger partial charge in [0.1, 0.15) is 5.75 Å². The monoisotopic (exact) mass is 316 g/mol. The number of aromatic nitrogens is 2. The molecule has 6 heteroatoms. The van der Waals surface area contributed by atoms with Gasteiger partial charge in [0.05, 0.1) is 25.0 Å². The zero-order valence-electron chi connectivity index (χ0n) is 14.3. The van der Waals surface area contributed by atoms with Crippen LogP contribution in [-0.4, -0.2) is 22.8 Å². The van der Waals surface area contributed by atoms with Gasteiger partial charge in [-0.25, -0.2) is 0 Å². The number of benzene rings is 1. The second kappa shape index (κ2) is 7.17. The maximum Gasteiger partial charge on any atom is 0.221 e. The molecule has 1 atom stereocenters. The average molecular weight is 316 g/mol. The van der Waals surface area contributed by atoms with Crippen molar-refractivity contribution in [1.29, 1.82) is 0 Å². The molecule has 1 aromatic carbocycles. The van der Waals surface area contributed by atoms with Crippen molar-refractivity contribution in [1.82, 2.24) is 9.78 Å². The lowest BCUT2D eigenvalue weighted by atomic mass is 10.1. The lowest BCUT2D eigenvalue weighted by molar-refractivity contribution is -0.114. The molecule has 0 spiro atoms. The normalized spacial score (nSPS) is 12.1. The summed E-state index contributed by atoms with van der Waals surface area (Å²) < 4.78 is 7.35. The van der Waals surface area contributed by atoms with Crippen molar-refractivity contribution >= 4 is 17.3 Å². The number of amides is 1. The highest BCUT2D eigenvalue weighted by molar-refractivity contribution is 5.89. The smallest absolute Gasteiger partial charge is 0.221 e. The first-order valence-corrected chi connectivity index (χ1v) is 7.67. The number of hydrogen-bond donors (Lipinski definition) is 2. The molecule has 1 aromatic heterocycles. The van der Waals surface area contributed by atoms with E-state index in [0.29, 0.717) is 17.5 Å². The molecule has 2 rings (SSSR count). The minimum absolute atomic E-state index is 0.0861. The van der Waals surface area contributed by atoms with Crippen LogP contribution in [0.1, 0.15) is 45.3 Å². The maximum absolute atomic E-state index is 11.1. The summed E-state index contributed by atoms with van der Waals surface area (Å²) in [6.45, 7) is 7.74. The van der Waals surface area contributed by atoms with Gasteiger partial charge in [-0.2, -0.15) is 5.10 Å². The lowest BCUT2D eigenvalue weighted by Crippen LogP contribution is -2.09. The summed E-state index contributed by atoms with van der Waals surface area (Å²) in [5.41, 5.74) is 2.68. The summed E-state index contributed by atoms with van der Waals surface area (Å²) in [6, 6.07) is 5.96. The minimum Gasteiger partial charge on any atom is -0.495 e. The number of rotatable bonds is 6. The van der Waals surface area contributed by atoms with Crippen LogP contribution in [-0.2, 0) is 4.79 Å². The van der Waals surface area contributed by atoms with Crippen molar-refractivity contribution < 1.29 is 9.53 Å². The van der Waals surface area contributed by atoms with Gasteiger partial charge < -0.3 is 15.4 Å². The minimum atomic E-state index is -0.109. The van der Waals surface area contributed by atoms with Crippen LogP contribution in [0.15, 0.2) is 30.6 Å². The molecule has 1 heterocycles. The fourth-order valence-corrected chi connectivity index (χ4v) is 2.27. The molecule has 6 nitrogen and oxygen atoms in total. The standard InChI is InChI=1S/C17H24N4O2/c1-11(2)21-10-14(9-18-21)12(3)19-16-7-6-15(20-13(4)22)8-17(16)23-5/h6-12,19H,1-5H3,(H,20,22)/t12-/m0/s1. The largest absolute Gasteiger partial charge is 0.495 e. The Morgan fingerprint density at radius 1 is 1.30 bits per heavy atom. The van der Waals surface area contributed by atoms with Crippen molar-refractivity contribution in [3.05, 3.63) is 36.2 Å². The van der Waals surface area contributed by atoms with Crippen LogP contribution in [0.2, 0.25) is 0 Å². The van der Waals surface area contributed by atoms with Crippen molar-refractivity contribution in [2.45, 2.75) is 39.8 Å². The summed E-state index contributed by atoms with van der Waals surface area (Å²) in [7, 11) is 1.61. The van der Waals surface area contributed by atoms with Crippen molar-refractivity contribution in [3.63, 3.8) is 0 Å². The van der Waals surface area contributed by atoms with E-state index < -0.39 is 0 Å². The fourth-order valence-electron chi connectivity index (χ4n) is 2.27. The van der Waals surface area contributed by atoms with E-state index in [1.54, 1.807) is 13.2 Å². The van der Waals surface area contributed by atoms with Crippen LogP contribution in [0.5, 0.6) is 5.75 Å². The van der Waals surface area contributed by atoms with Crippen LogP contribution < -0.4 is 15.4 Å². The highest BCUT2D eigenvalue weighted by Crippen LogP contribution is 2.31. The molecular weight excluding hydrogens is 292 g/mol. The van der Waals surface area contributed by atoms with Crippen LogP contribution in [0, 0.1) is 0 Å². The number of hydrogen-bond acceptors (Lipinski definition) is 4. The molecule has 0 aliphatic carbocycles. The van der Waals surface area contributed by atoms with Gasteiger partial charge in [0.2, 0.25) is 5.91 Å². The Morgan fingerprint density at radius 2 is 2.04 bits per heavy atom. The lowest BCUT2D eigenvalue weighted by Gasteiger charge is -2.17. The molecule has 0 saturated carbocycles. The van der Waals surface area contributed by atoms with E-state index in [2.05, 4.69) is 36.5 Å². The molecule has 0 saturated heterocycles. The number of anilines is 2. The summed E-state index contributed by atoms with van der Waals surface area (Å²) in [5, 5.41) is 10.5. The predicted molar refractivity (Wildman–Crippen MR) is 91.9 cm³/mol. The molecule has 0 fully saturated rings. The van der Waals surface area contributed by atoms with Gasteiger partial charge in [-0.05, 0) is 32.9 Å². The summed E-state index contributed by atoms with van der Waals surface area (Å²) in [5.74, 6) is 0.571. The van der Waals surface area contributed by atoms with Crippen molar-refractivity contribution in [2.75, 3.05) is 17.7 Å². The van der Waals surface area contributed by atoms with Gasteiger partial charge in [-0.15, -0.1) is 0 Å².